The van der Waals surface area contributed by atoms with Gasteiger partial charge in [0.05, 0.1) is 4.92 Å². The number of aryl methyl sites for hydroxylation is 1. The SMILES string of the molecule is Cc1cc([N+](=O)[O-])cnc1N1CCC(C(F)(F)F)(C(F)(F)F)C1. The molecule has 1 fully saturated rings. The molecule has 0 spiro atoms. The lowest BCUT2D eigenvalue weighted by Crippen LogP contribution is -2.51. The van der Waals surface area contributed by atoms with E-state index < -0.39 is 42.2 Å². The van der Waals surface area contributed by atoms with Gasteiger partial charge in [-0.05, 0) is 18.9 Å². The zero-order valence-electron chi connectivity index (χ0n) is 11.7. The first-order chi connectivity index (χ1) is 10.4. The Kier molecular flexibility index (Phi) is 3.94. The normalized spacial score (nSPS) is 18.3. The molecule has 128 valence electrons. The van der Waals surface area contributed by atoms with E-state index in [0.717, 1.165) is 17.2 Å². The molecule has 0 aliphatic carbocycles. The van der Waals surface area contributed by atoms with E-state index in [4.69, 9.17) is 0 Å². The summed E-state index contributed by atoms with van der Waals surface area (Å²) in [6, 6.07) is 1.06. The predicted molar refractivity (Wildman–Crippen MR) is 67.0 cm³/mol. The van der Waals surface area contributed by atoms with E-state index in [9.17, 15) is 36.5 Å². The molecular formula is C12H11F6N3O2. The molecular weight excluding hydrogens is 332 g/mol. The van der Waals surface area contributed by atoms with Crippen molar-refractivity contribution in [2.45, 2.75) is 25.7 Å². The molecule has 0 N–H and O–H groups in total. The molecule has 2 heterocycles. The summed E-state index contributed by atoms with van der Waals surface area (Å²) in [5.74, 6) is -0.119. The second-order valence-corrected chi connectivity index (χ2v) is 5.34. The topological polar surface area (TPSA) is 59.3 Å². The van der Waals surface area contributed by atoms with Crippen molar-refractivity contribution in [1.29, 1.82) is 0 Å². The largest absolute Gasteiger partial charge is 0.404 e. The quantitative estimate of drug-likeness (QED) is 0.468. The highest BCUT2D eigenvalue weighted by Gasteiger charge is 2.72. The van der Waals surface area contributed by atoms with E-state index >= 15 is 0 Å². The molecule has 0 unspecified atom stereocenters. The minimum absolute atomic E-state index is 0.119. The van der Waals surface area contributed by atoms with Gasteiger partial charge in [-0.15, -0.1) is 0 Å². The molecule has 2 rings (SSSR count). The third-order valence-electron chi connectivity index (χ3n) is 3.90. The van der Waals surface area contributed by atoms with Crippen LogP contribution in [-0.4, -0.2) is 35.3 Å². The Morgan fingerprint density at radius 3 is 2.22 bits per heavy atom. The average molecular weight is 343 g/mol. The van der Waals surface area contributed by atoms with Gasteiger partial charge in [-0.3, -0.25) is 10.1 Å². The zero-order valence-corrected chi connectivity index (χ0v) is 11.7. The van der Waals surface area contributed by atoms with Crippen LogP contribution >= 0.6 is 0 Å². The van der Waals surface area contributed by atoms with Crippen LogP contribution in [0.25, 0.3) is 0 Å². The summed E-state index contributed by atoms with van der Waals surface area (Å²) in [6.07, 6.45) is -11.2. The van der Waals surface area contributed by atoms with E-state index in [2.05, 4.69) is 4.98 Å². The van der Waals surface area contributed by atoms with Crippen molar-refractivity contribution in [2.24, 2.45) is 5.41 Å². The second kappa shape index (κ2) is 5.24. The van der Waals surface area contributed by atoms with Crippen molar-refractivity contribution in [3.8, 4) is 0 Å². The number of hydrogen-bond donors (Lipinski definition) is 0. The Balaban J connectivity index is 2.37. The van der Waals surface area contributed by atoms with Gasteiger partial charge in [0.15, 0.2) is 5.41 Å². The maximum Gasteiger partial charge on any atom is 0.404 e. The van der Waals surface area contributed by atoms with Crippen molar-refractivity contribution in [3.05, 3.63) is 27.9 Å². The fourth-order valence-electron chi connectivity index (χ4n) is 2.60. The van der Waals surface area contributed by atoms with Gasteiger partial charge < -0.3 is 4.90 Å². The minimum atomic E-state index is -5.45. The summed E-state index contributed by atoms with van der Waals surface area (Å²) >= 11 is 0. The maximum atomic E-state index is 13.0. The standard InChI is InChI=1S/C12H11F6N3O2/c1-7-4-8(21(22)23)5-19-9(7)20-3-2-10(6-20,11(13,14)15)12(16,17)18/h4-5H,2-3,6H2,1H3. The van der Waals surface area contributed by atoms with Gasteiger partial charge in [0.2, 0.25) is 0 Å². The second-order valence-electron chi connectivity index (χ2n) is 5.34. The summed E-state index contributed by atoms with van der Waals surface area (Å²) in [7, 11) is 0. The summed E-state index contributed by atoms with van der Waals surface area (Å²) in [6.45, 7) is -0.465. The van der Waals surface area contributed by atoms with E-state index in [1.165, 1.54) is 6.92 Å². The van der Waals surface area contributed by atoms with Gasteiger partial charge in [-0.25, -0.2) is 4.98 Å². The first kappa shape index (κ1) is 17.3. The molecule has 11 heteroatoms. The summed E-state index contributed by atoms with van der Waals surface area (Å²) in [5, 5.41) is 10.6. The molecule has 1 aliphatic heterocycles. The predicted octanol–water partition coefficient (Wildman–Crippen LogP) is 3.62. The summed E-state index contributed by atoms with van der Waals surface area (Å²) in [5.41, 5.74) is -4.07. The van der Waals surface area contributed by atoms with Crippen LogP contribution in [0, 0.1) is 22.5 Å². The smallest absolute Gasteiger partial charge is 0.355 e. The molecule has 1 aromatic rings. The number of hydrogen-bond acceptors (Lipinski definition) is 4. The van der Waals surface area contributed by atoms with Crippen LogP contribution in [0.15, 0.2) is 12.3 Å². The number of anilines is 1. The van der Waals surface area contributed by atoms with Crippen LogP contribution in [0.5, 0.6) is 0 Å². The summed E-state index contributed by atoms with van der Waals surface area (Å²) < 4.78 is 78.1. The highest BCUT2D eigenvalue weighted by Crippen LogP contribution is 2.56. The van der Waals surface area contributed by atoms with Gasteiger partial charge in [0.1, 0.15) is 12.0 Å². The maximum absolute atomic E-state index is 13.0. The number of aromatic nitrogens is 1. The zero-order chi connectivity index (χ0) is 17.6. The Hall–Kier alpha value is -2.07. The molecule has 23 heavy (non-hydrogen) atoms. The van der Waals surface area contributed by atoms with E-state index in [0.29, 0.717) is 0 Å². The molecule has 0 atom stereocenters. The van der Waals surface area contributed by atoms with Crippen molar-refractivity contribution >= 4 is 11.5 Å². The molecule has 0 bridgehead atoms. The fraction of sp³-hybridized carbons (Fsp3) is 0.583. The summed E-state index contributed by atoms with van der Waals surface area (Å²) in [4.78, 5) is 14.4. The molecule has 1 aliphatic rings. The lowest BCUT2D eigenvalue weighted by Gasteiger charge is -2.33. The van der Waals surface area contributed by atoms with Gasteiger partial charge in [-0.1, -0.05) is 0 Å². The third kappa shape index (κ3) is 2.79. The number of halogens is 6. The van der Waals surface area contributed by atoms with Gasteiger partial charge in [0, 0.05) is 19.2 Å². The van der Waals surface area contributed by atoms with Crippen molar-refractivity contribution in [2.75, 3.05) is 18.0 Å². The first-order valence-corrected chi connectivity index (χ1v) is 6.38. The monoisotopic (exact) mass is 343 g/mol. The average Bonchev–Trinajstić information content (AvgIpc) is 2.83. The number of pyridine rings is 1. The Morgan fingerprint density at radius 1 is 1.26 bits per heavy atom. The Labute approximate surface area is 126 Å². The van der Waals surface area contributed by atoms with Crippen LogP contribution < -0.4 is 4.90 Å². The van der Waals surface area contributed by atoms with Crippen LogP contribution in [0.1, 0.15) is 12.0 Å². The third-order valence-corrected chi connectivity index (χ3v) is 3.90. The first-order valence-electron chi connectivity index (χ1n) is 6.38. The van der Waals surface area contributed by atoms with Crippen LogP contribution in [0.3, 0.4) is 0 Å². The van der Waals surface area contributed by atoms with Crippen molar-refractivity contribution in [1.82, 2.24) is 4.98 Å². The molecule has 0 amide bonds. The van der Waals surface area contributed by atoms with Crippen LogP contribution in [0.2, 0.25) is 0 Å². The van der Waals surface area contributed by atoms with Crippen molar-refractivity contribution < 1.29 is 31.3 Å². The highest BCUT2D eigenvalue weighted by atomic mass is 19.4. The Bertz CT molecular complexity index is 614. The van der Waals surface area contributed by atoms with Gasteiger partial charge in [0.25, 0.3) is 5.69 Å². The molecule has 5 nitrogen and oxygen atoms in total. The lowest BCUT2D eigenvalue weighted by molar-refractivity contribution is -0.385. The van der Waals surface area contributed by atoms with Gasteiger partial charge in [-0.2, -0.15) is 26.3 Å². The van der Waals surface area contributed by atoms with E-state index in [1.54, 1.807) is 0 Å². The molecule has 1 saturated heterocycles. The number of alkyl halides is 6. The van der Waals surface area contributed by atoms with Crippen LogP contribution in [0.4, 0.5) is 37.8 Å². The highest BCUT2D eigenvalue weighted by molar-refractivity contribution is 5.51. The van der Waals surface area contributed by atoms with Crippen molar-refractivity contribution in [3.63, 3.8) is 0 Å². The van der Waals surface area contributed by atoms with Gasteiger partial charge >= 0.3 is 12.4 Å². The Morgan fingerprint density at radius 2 is 1.83 bits per heavy atom. The number of rotatable bonds is 2. The lowest BCUT2D eigenvalue weighted by atomic mass is 9.85. The fourth-order valence-corrected chi connectivity index (χ4v) is 2.60. The molecule has 1 aromatic heterocycles. The minimum Gasteiger partial charge on any atom is -0.355 e. The van der Waals surface area contributed by atoms with E-state index in [-0.39, 0.29) is 17.1 Å². The molecule has 0 aromatic carbocycles. The molecule has 0 radical (unpaired) electrons. The number of nitro groups is 1. The van der Waals surface area contributed by atoms with E-state index in [1.807, 2.05) is 0 Å². The number of nitrogens with zero attached hydrogens (tertiary/aromatic N) is 3. The molecule has 0 saturated carbocycles. The van der Waals surface area contributed by atoms with Crippen LogP contribution in [-0.2, 0) is 0 Å².